The summed E-state index contributed by atoms with van der Waals surface area (Å²) in [6, 6.07) is 19.1. The van der Waals surface area contributed by atoms with Gasteiger partial charge in [0.25, 0.3) is 11.5 Å². The van der Waals surface area contributed by atoms with Crippen molar-refractivity contribution in [2.45, 2.75) is 26.9 Å². The summed E-state index contributed by atoms with van der Waals surface area (Å²) in [4.78, 5) is 36.6. The molecule has 6 nitrogen and oxygen atoms in total. The highest BCUT2D eigenvalue weighted by molar-refractivity contribution is 5.93. The fourth-order valence-corrected chi connectivity index (χ4v) is 3.69. The van der Waals surface area contributed by atoms with Gasteiger partial charge in [-0.15, -0.1) is 0 Å². The molecule has 0 aliphatic carbocycles. The van der Waals surface area contributed by atoms with Crippen LogP contribution in [-0.4, -0.2) is 32.4 Å². The molecule has 31 heavy (non-hydrogen) atoms. The molecule has 0 unspecified atom stereocenters. The van der Waals surface area contributed by atoms with E-state index in [4.69, 9.17) is 0 Å². The van der Waals surface area contributed by atoms with E-state index in [1.165, 1.54) is 4.90 Å². The molecule has 2 aromatic carbocycles. The zero-order chi connectivity index (χ0) is 22.0. The molecular formula is C25H24N4O2. The lowest BCUT2D eigenvalue weighted by molar-refractivity contribution is 0.0779. The van der Waals surface area contributed by atoms with Crippen LogP contribution < -0.4 is 5.56 Å². The third-order valence-electron chi connectivity index (χ3n) is 5.25. The quantitative estimate of drug-likeness (QED) is 0.501. The zero-order valence-corrected chi connectivity index (χ0v) is 17.9. The number of hydrogen-bond donors (Lipinski definition) is 0. The van der Waals surface area contributed by atoms with Crippen molar-refractivity contribution in [2.24, 2.45) is 0 Å². The molecule has 0 aliphatic rings. The highest BCUT2D eigenvalue weighted by Crippen LogP contribution is 2.15. The lowest BCUT2D eigenvalue weighted by Crippen LogP contribution is -2.34. The lowest BCUT2D eigenvalue weighted by atomic mass is 10.1. The van der Waals surface area contributed by atoms with E-state index < -0.39 is 0 Å². The fourth-order valence-electron chi connectivity index (χ4n) is 3.69. The zero-order valence-electron chi connectivity index (χ0n) is 17.9. The number of para-hydroxylation sites is 1. The van der Waals surface area contributed by atoms with Crippen LogP contribution in [0.4, 0.5) is 0 Å². The Balaban J connectivity index is 1.57. The van der Waals surface area contributed by atoms with Crippen LogP contribution in [0.15, 0.2) is 71.7 Å². The van der Waals surface area contributed by atoms with Crippen molar-refractivity contribution in [2.75, 3.05) is 7.05 Å². The van der Waals surface area contributed by atoms with E-state index in [-0.39, 0.29) is 23.6 Å². The topological polar surface area (TPSA) is 68.1 Å². The van der Waals surface area contributed by atoms with Gasteiger partial charge in [-0.25, -0.2) is 9.97 Å². The molecule has 0 N–H and O–H groups in total. The number of amides is 1. The molecule has 4 aromatic rings. The van der Waals surface area contributed by atoms with Gasteiger partial charge >= 0.3 is 0 Å². The summed E-state index contributed by atoms with van der Waals surface area (Å²) in [5, 5.41) is 0.988. The molecule has 0 aliphatic heterocycles. The van der Waals surface area contributed by atoms with Crippen molar-refractivity contribution in [3.05, 3.63) is 105 Å². The van der Waals surface area contributed by atoms with E-state index in [0.29, 0.717) is 12.4 Å². The minimum Gasteiger partial charge on any atom is -0.334 e. The number of benzene rings is 2. The van der Waals surface area contributed by atoms with Crippen molar-refractivity contribution >= 4 is 16.8 Å². The molecule has 0 atom stereocenters. The predicted molar refractivity (Wildman–Crippen MR) is 121 cm³/mol. The summed E-state index contributed by atoms with van der Waals surface area (Å²) in [5.74, 6) is 0.195. The van der Waals surface area contributed by atoms with Gasteiger partial charge in [0.05, 0.1) is 18.6 Å². The Bertz CT molecular complexity index is 1330. The van der Waals surface area contributed by atoms with Crippen molar-refractivity contribution < 1.29 is 4.79 Å². The van der Waals surface area contributed by atoms with E-state index in [0.717, 1.165) is 27.7 Å². The lowest BCUT2D eigenvalue weighted by Gasteiger charge is -2.17. The number of aryl methyl sites for hydroxylation is 2. The fraction of sp³-hybridized carbons (Fsp3) is 0.200. The number of hydrogen-bond acceptors (Lipinski definition) is 4. The summed E-state index contributed by atoms with van der Waals surface area (Å²) < 4.78 is 1.56. The van der Waals surface area contributed by atoms with Gasteiger partial charge in [0.2, 0.25) is 0 Å². The number of carbonyl (C=O) groups excluding carboxylic acids is 1. The molecule has 0 bridgehead atoms. The van der Waals surface area contributed by atoms with Crippen LogP contribution >= 0.6 is 0 Å². The molecule has 156 valence electrons. The molecule has 2 aromatic heterocycles. The standard InChI is InChI=1S/C25H24N4O2/c1-17-8-6-9-19(14-17)15-29-13-7-11-21(25(29)31)24(30)28(3)16-23-26-18(2)20-10-4-5-12-22(20)27-23/h4-14H,15-16H2,1-3H3. The Kier molecular flexibility index (Phi) is 5.62. The van der Waals surface area contributed by atoms with Crippen molar-refractivity contribution in [3.63, 3.8) is 0 Å². The van der Waals surface area contributed by atoms with Crippen LogP contribution in [0.2, 0.25) is 0 Å². The van der Waals surface area contributed by atoms with E-state index in [2.05, 4.69) is 9.97 Å². The first-order chi connectivity index (χ1) is 14.9. The average molecular weight is 412 g/mol. The van der Waals surface area contributed by atoms with Gasteiger partial charge in [-0.2, -0.15) is 0 Å². The monoisotopic (exact) mass is 412 g/mol. The number of fused-ring (bicyclic) bond motifs is 1. The van der Waals surface area contributed by atoms with Gasteiger partial charge in [0, 0.05) is 24.3 Å². The molecule has 0 radical (unpaired) electrons. The molecule has 0 fully saturated rings. The molecular weight excluding hydrogens is 388 g/mol. The van der Waals surface area contributed by atoms with Gasteiger partial charge in [0.1, 0.15) is 11.4 Å². The number of nitrogens with zero attached hydrogens (tertiary/aromatic N) is 4. The Morgan fingerprint density at radius 3 is 2.61 bits per heavy atom. The third kappa shape index (κ3) is 4.38. The molecule has 0 spiro atoms. The van der Waals surface area contributed by atoms with Gasteiger partial charge in [-0.05, 0) is 37.6 Å². The summed E-state index contributed by atoms with van der Waals surface area (Å²) in [5.41, 5.74) is 3.67. The van der Waals surface area contributed by atoms with Crippen LogP contribution in [0.1, 0.15) is 33.0 Å². The highest BCUT2D eigenvalue weighted by atomic mass is 16.2. The maximum atomic E-state index is 13.0. The maximum absolute atomic E-state index is 13.0. The van der Waals surface area contributed by atoms with Gasteiger partial charge in [-0.1, -0.05) is 48.0 Å². The number of aromatic nitrogens is 3. The van der Waals surface area contributed by atoms with E-state index in [1.54, 1.807) is 29.9 Å². The van der Waals surface area contributed by atoms with E-state index in [1.807, 2.05) is 62.4 Å². The first-order valence-electron chi connectivity index (χ1n) is 10.1. The molecule has 1 amide bonds. The molecule has 0 saturated carbocycles. The molecule has 2 heterocycles. The Labute approximate surface area is 180 Å². The average Bonchev–Trinajstić information content (AvgIpc) is 2.75. The second kappa shape index (κ2) is 8.52. The van der Waals surface area contributed by atoms with E-state index in [9.17, 15) is 9.59 Å². The van der Waals surface area contributed by atoms with Gasteiger partial charge in [-0.3, -0.25) is 9.59 Å². The number of pyridine rings is 1. The smallest absolute Gasteiger partial charge is 0.263 e. The largest absolute Gasteiger partial charge is 0.334 e. The molecule has 6 heteroatoms. The Hall–Kier alpha value is -3.80. The van der Waals surface area contributed by atoms with Gasteiger partial charge < -0.3 is 9.47 Å². The highest BCUT2D eigenvalue weighted by Gasteiger charge is 2.18. The summed E-state index contributed by atoms with van der Waals surface area (Å²) in [6.07, 6.45) is 1.71. The van der Waals surface area contributed by atoms with Crippen molar-refractivity contribution in [1.29, 1.82) is 0 Å². The molecule has 4 rings (SSSR count). The summed E-state index contributed by atoms with van der Waals surface area (Å²) in [6.45, 7) is 4.57. The first-order valence-corrected chi connectivity index (χ1v) is 10.1. The second-order valence-electron chi connectivity index (χ2n) is 7.75. The SMILES string of the molecule is Cc1cccc(Cn2cccc(C(=O)N(C)Cc3nc(C)c4ccccc4n3)c2=O)c1. The maximum Gasteiger partial charge on any atom is 0.263 e. The van der Waals surface area contributed by atoms with E-state index >= 15 is 0 Å². The van der Waals surface area contributed by atoms with Crippen molar-refractivity contribution in [1.82, 2.24) is 19.4 Å². The first kappa shape index (κ1) is 20.5. The van der Waals surface area contributed by atoms with Crippen LogP contribution in [0.25, 0.3) is 10.9 Å². The normalized spacial score (nSPS) is 10.9. The Morgan fingerprint density at radius 1 is 1.00 bits per heavy atom. The van der Waals surface area contributed by atoms with Crippen LogP contribution in [0.5, 0.6) is 0 Å². The summed E-state index contributed by atoms with van der Waals surface area (Å²) >= 11 is 0. The minimum absolute atomic E-state index is 0.134. The number of rotatable bonds is 5. The third-order valence-corrected chi connectivity index (χ3v) is 5.25. The van der Waals surface area contributed by atoms with Crippen LogP contribution in [0, 0.1) is 13.8 Å². The van der Waals surface area contributed by atoms with Crippen molar-refractivity contribution in [3.8, 4) is 0 Å². The minimum atomic E-state index is -0.349. The molecule has 0 saturated heterocycles. The van der Waals surface area contributed by atoms with Crippen LogP contribution in [-0.2, 0) is 13.1 Å². The predicted octanol–water partition coefficient (Wildman–Crippen LogP) is 3.73. The number of carbonyl (C=O) groups is 1. The van der Waals surface area contributed by atoms with Gasteiger partial charge in [0.15, 0.2) is 0 Å². The Morgan fingerprint density at radius 2 is 1.81 bits per heavy atom. The van der Waals surface area contributed by atoms with Crippen LogP contribution in [0.3, 0.4) is 0 Å². The second-order valence-corrected chi connectivity index (χ2v) is 7.75. The summed E-state index contributed by atoms with van der Waals surface area (Å²) in [7, 11) is 1.66.